The smallest absolute Gasteiger partial charge is 0.232 e. The van der Waals surface area contributed by atoms with Crippen molar-refractivity contribution in [2.75, 3.05) is 46.2 Å². The van der Waals surface area contributed by atoms with Gasteiger partial charge in [-0.05, 0) is 56.1 Å². The maximum absolute atomic E-state index is 9.02. The number of anilines is 1. The van der Waals surface area contributed by atoms with Crippen LogP contribution in [-0.4, -0.2) is 56.2 Å². The minimum atomic E-state index is 0.357. The standard InChI is InChI=1S/C24H27N5O2S/c1-28(2)12-13-29(3)24-26-16-22(32-21-10-8-18(15-25)9-11-21)23(27-24)31-17-19-6-5-7-20(14-19)30-4/h5-11,14,16H,12-13,17H2,1-4H3. The van der Waals surface area contributed by atoms with Gasteiger partial charge in [0.2, 0.25) is 11.8 Å². The first-order chi connectivity index (χ1) is 15.5. The second-order valence-electron chi connectivity index (χ2n) is 7.44. The van der Waals surface area contributed by atoms with Crippen molar-refractivity contribution in [2.24, 2.45) is 0 Å². The molecule has 0 saturated heterocycles. The Morgan fingerprint density at radius 1 is 1.06 bits per heavy atom. The zero-order valence-corrected chi connectivity index (χ0v) is 19.6. The van der Waals surface area contributed by atoms with E-state index >= 15 is 0 Å². The van der Waals surface area contributed by atoms with Crippen molar-refractivity contribution in [3.8, 4) is 17.7 Å². The summed E-state index contributed by atoms with van der Waals surface area (Å²) in [5.41, 5.74) is 1.61. The normalized spacial score (nSPS) is 10.6. The van der Waals surface area contributed by atoms with Crippen LogP contribution in [0.2, 0.25) is 0 Å². The van der Waals surface area contributed by atoms with Crippen LogP contribution >= 0.6 is 11.8 Å². The molecule has 0 saturated carbocycles. The highest BCUT2D eigenvalue weighted by Gasteiger charge is 2.14. The molecular formula is C24H27N5O2S. The molecule has 0 amide bonds. The number of aromatic nitrogens is 2. The Morgan fingerprint density at radius 3 is 2.53 bits per heavy atom. The largest absolute Gasteiger partial charge is 0.497 e. The summed E-state index contributed by atoms with van der Waals surface area (Å²) in [7, 11) is 7.69. The molecule has 166 valence electrons. The minimum Gasteiger partial charge on any atom is -0.497 e. The van der Waals surface area contributed by atoms with Gasteiger partial charge in [-0.2, -0.15) is 10.2 Å². The van der Waals surface area contributed by atoms with Crippen LogP contribution in [0, 0.1) is 11.3 Å². The second kappa shape index (κ2) is 11.4. The highest BCUT2D eigenvalue weighted by molar-refractivity contribution is 7.99. The second-order valence-corrected chi connectivity index (χ2v) is 8.56. The number of nitriles is 1. The van der Waals surface area contributed by atoms with Gasteiger partial charge >= 0.3 is 0 Å². The summed E-state index contributed by atoms with van der Waals surface area (Å²) in [6.07, 6.45) is 1.79. The molecule has 0 fully saturated rings. The summed E-state index contributed by atoms with van der Waals surface area (Å²) in [6, 6.07) is 17.3. The van der Waals surface area contributed by atoms with E-state index in [2.05, 4.69) is 16.0 Å². The van der Waals surface area contributed by atoms with Crippen molar-refractivity contribution in [1.29, 1.82) is 5.26 Å². The van der Waals surface area contributed by atoms with Gasteiger partial charge in [0.25, 0.3) is 0 Å². The number of hydrogen-bond donors (Lipinski definition) is 0. The maximum Gasteiger partial charge on any atom is 0.232 e. The van der Waals surface area contributed by atoms with E-state index in [1.165, 1.54) is 11.8 Å². The molecule has 8 heteroatoms. The van der Waals surface area contributed by atoms with Crippen molar-refractivity contribution in [1.82, 2.24) is 14.9 Å². The Bertz CT molecular complexity index is 1070. The maximum atomic E-state index is 9.02. The first-order valence-corrected chi connectivity index (χ1v) is 11.0. The van der Waals surface area contributed by atoms with Crippen LogP contribution in [0.3, 0.4) is 0 Å². The lowest BCUT2D eigenvalue weighted by Gasteiger charge is -2.20. The SMILES string of the molecule is COc1cccc(COc2nc(N(C)CCN(C)C)ncc2Sc2ccc(C#N)cc2)c1. The third-order valence-electron chi connectivity index (χ3n) is 4.65. The highest BCUT2D eigenvalue weighted by atomic mass is 32.2. The number of nitrogens with zero attached hydrogens (tertiary/aromatic N) is 5. The van der Waals surface area contributed by atoms with E-state index in [0.29, 0.717) is 24.0 Å². The van der Waals surface area contributed by atoms with Gasteiger partial charge in [-0.25, -0.2) is 4.98 Å². The highest BCUT2D eigenvalue weighted by Crippen LogP contribution is 2.34. The first kappa shape index (κ1) is 23.4. The lowest BCUT2D eigenvalue weighted by Crippen LogP contribution is -2.29. The van der Waals surface area contributed by atoms with E-state index < -0.39 is 0 Å². The van der Waals surface area contributed by atoms with Gasteiger partial charge in [-0.1, -0.05) is 23.9 Å². The molecule has 3 aromatic rings. The van der Waals surface area contributed by atoms with Crippen LogP contribution in [-0.2, 0) is 6.61 Å². The fourth-order valence-electron chi connectivity index (χ4n) is 2.79. The van der Waals surface area contributed by atoms with Crippen molar-refractivity contribution < 1.29 is 9.47 Å². The lowest BCUT2D eigenvalue weighted by atomic mass is 10.2. The van der Waals surface area contributed by atoms with Gasteiger partial charge in [-0.15, -0.1) is 0 Å². The van der Waals surface area contributed by atoms with E-state index in [1.807, 2.05) is 62.4 Å². The lowest BCUT2D eigenvalue weighted by molar-refractivity contribution is 0.284. The molecule has 0 spiro atoms. The molecule has 0 aliphatic heterocycles. The number of benzene rings is 2. The molecule has 32 heavy (non-hydrogen) atoms. The summed E-state index contributed by atoms with van der Waals surface area (Å²) >= 11 is 1.50. The molecule has 0 bridgehead atoms. The number of likely N-dealkylation sites (N-methyl/N-ethyl adjacent to an activating group) is 2. The Hall–Kier alpha value is -3.28. The quantitative estimate of drug-likeness (QED) is 0.458. The molecule has 1 aromatic heterocycles. The molecule has 0 unspecified atom stereocenters. The van der Waals surface area contributed by atoms with Crippen LogP contribution in [0.1, 0.15) is 11.1 Å². The molecule has 0 atom stereocenters. The van der Waals surface area contributed by atoms with Gasteiger partial charge in [-0.3, -0.25) is 0 Å². The molecular weight excluding hydrogens is 422 g/mol. The molecule has 0 aliphatic rings. The number of rotatable bonds is 10. The summed E-state index contributed by atoms with van der Waals surface area (Å²) in [5.74, 6) is 1.91. The molecule has 2 aromatic carbocycles. The number of hydrogen-bond acceptors (Lipinski definition) is 8. The zero-order chi connectivity index (χ0) is 22.9. The van der Waals surface area contributed by atoms with Crippen LogP contribution < -0.4 is 14.4 Å². The Labute approximate surface area is 193 Å². The number of ether oxygens (including phenoxy) is 2. The molecule has 0 aliphatic carbocycles. The average molecular weight is 450 g/mol. The van der Waals surface area contributed by atoms with Gasteiger partial charge in [0, 0.05) is 25.0 Å². The summed E-state index contributed by atoms with van der Waals surface area (Å²) in [4.78, 5) is 15.2. The van der Waals surface area contributed by atoms with E-state index in [0.717, 1.165) is 34.2 Å². The van der Waals surface area contributed by atoms with Gasteiger partial charge < -0.3 is 19.3 Å². The molecule has 0 radical (unpaired) electrons. The molecule has 1 heterocycles. The Morgan fingerprint density at radius 2 is 1.84 bits per heavy atom. The van der Waals surface area contributed by atoms with Gasteiger partial charge in [0.05, 0.1) is 29.8 Å². The third-order valence-corrected chi connectivity index (χ3v) is 5.66. The van der Waals surface area contributed by atoms with E-state index in [-0.39, 0.29) is 0 Å². The molecule has 0 N–H and O–H groups in total. The zero-order valence-electron chi connectivity index (χ0n) is 18.8. The van der Waals surface area contributed by atoms with E-state index in [4.69, 9.17) is 19.7 Å². The predicted molar refractivity (Wildman–Crippen MR) is 126 cm³/mol. The minimum absolute atomic E-state index is 0.357. The first-order valence-electron chi connectivity index (χ1n) is 10.1. The van der Waals surface area contributed by atoms with Crippen LogP contribution in [0.15, 0.2) is 64.5 Å². The van der Waals surface area contributed by atoms with Gasteiger partial charge in [0.1, 0.15) is 12.4 Å². The number of methoxy groups -OCH3 is 1. The topological polar surface area (TPSA) is 74.5 Å². The predicted octanol–water partition coefficient (Wildman–Crippen LogP) is 4.08. The monoisotopic (exact) mass is 449 g/mol. The molecule has 7 nitrogen and oxygen atoms in total. The van der Waals surface area contributed by atoms with Gasteiger partial charge in [0.15, 0.2) is 0 Å². The Balaban J connectivity index is 1.83. The van der Waals surface area contributed by atoms with Crippen molar-refractivity contribution >= 4 is 17.7 Å². The summed E-state index contributed by atoms with van der Waals surface area (Å²) in [5, 5.41) is 9.02. The average Bonchev–Trinajstić information content (AvgIpc) is 2.82. The summed E-state index contributed by atoms with van der Waals surface area (Å²) in [6.45, 7) is 2.04. The van der Waals surface area contributed by atoms with E-state index in [1.54, 1.807) is 25.4 Å². The van der Waals surface area contributed by atoms with Crippen LogP contribution in [0.5, 0.6) is 11.6 Å². The van der Waals surface area contributed by atoms with Crippen molar-refractivity contribution in [3.63, 3.8) is 0 Å². The third kappa shape index (κ3) is 6.61. The fourth-order valence-corrected chi connectivity index (χ4v) is 3.62. The Kier molecular flexibility index (Phi) is 8.31. The van der Waals surface area contributed by atoms with Crippen LogP contribution in [0.4, 0.5) is 5.95 Å². The van der Waals surface area contributed by atoms with Crippen LogP contribution in [0.25, 0.3) is 0 Å². The summed E-state index contributed by atoms with van der Waals surface area (Å²) < 4.78 is 11.4. The van der Waals surface area contributed by atoms with E-state index in [9.17, 15) is 0 Å². The molecule has 3 rings (SSSR count). The van der Waals surface area contributed by atoms with Crippen molar-refractivity contribution in [3.05, 3.63) is 65.9 Å². The van der Waals surface area contributed by atoms with Crippen molar-refractivity contribution in [2.45, 2.75) is 16.4 Å². The fraction of sp³-hybridized carbons (Fsp3) is 0.292.